The Morgan fingerprint density at radius 1 is 1.06 bits per heavy atom. The molecule has 10 heteroatoms. The van der Waals surface area contributed by atoms with Crippen LogP contribution in [0.4, 0.5) is 0 Å². The van der Waals surface area contributed by atoms with Gasteiger partial charge in [0.15, 0.2) is 5.11 Å². The molecule has 0 aliphatic carbocycles. The van der Waals surface area contributed by atoms with E-state index >= 15 is 0 Å². The number of ether oxygens (including phenoxy) is 1. The highest BCUT2D eigenvalue weighted by Gasteiger charge is 2.16. The highest BCUT2D eigenvalue weighted by Crippen LogP contribution is 2.19. The fourth-order valence-electron chi connectivity index (χ4n) is 2.68. The molecule has 0 aliphatic heterocycles. The minimum atomic E-state index is -0.801. The SMILES string of the molecule is CCCCOc1ccc(C(=O)NNC(=S)NC(=O)c2cc3cc(Br)ccc3oc2=O)cc1. The lowest BCUT2D eigenvalue weighted by atomic mass is 10.2. The van der Waals surface area contributed by atoms with E-state index < -0.39 is 17.4 Å². The van der Waals surface area contributed by atoms with Crippen LogP contribution in [0.3, 0.4) is 0 Å². The van der Waals surface area contributed by atoms with E-state index in [-0.39, 0.29) is 10.7 Å². The van der Waals surface area contributed by atoms with E-state index in [4.69, 9.17) is 21.4 Å². The number of amides is 2. The van der Waals surface area contributed by atoms with E-state index in [1.54, 1.807) is 42.5 Å². The maximum atomic E-state index is 12.4. The van der Waals surface area contributed by atoms with E-state index in [9.17, 15) is 14.4 Å². The fourth-order valence-corrected chi connectivity index (χ4v) is 3.20. The van der Waals surface area contributed by atoms with Gasteiger partial charge in [-0.1, -0.05) is 29.3 Å². The molecule has 166 valence electrons. The Balaban J connectivity index is 1.56. The molecule has 0 radical (unpaired) electrons. The zero-order chi connectivity index (χ0) is 23.1. The number of fused-ring (bicyclic) bond motifs is 1. The van der Waals surface area contributed by atoms with Gasteiger partial charge in [-0.25, -0.2) is 4.79 Å². The molecule has 0 saturated heterocycles. The molecular formula is C22H20BrN3O5S. The Kier molecular flexibility index (Phi) is 7.96. The first-order valence-electron chi connectivity index (χ1n) is 9.75. The Bertz CT molecular complexity index is 1210. The van der Waals surface area contributed by atoms with Crippen molar-refractivity contribution in [2.75, 3.05) is 6.61 Å². The Morgan fingerprint density at radius 2 is 1.81 bits per heavy atom. The molecule has 8 nitrogen and oxygen atoms in total. The number of hydrogen-bond acceptors (Lipinski definition) is 6. The quantitative estimate of drug-likeness (QED) is 0.198. The maximum absolute atomic E-state index is 12.4. The van der Waals surface area contributed by atoms with E-state index in [1.165, 1.54) is 6.07 Å². The zero-order valence-corrected chi connectivity index (χ0v) is 19.5. The van der Waals surface area contributed by atoms with Crippen LogP contribution in [-0.2, 0) is 0 Å². The summed E-state index contributed by atoms with van der Waals surface area (Å²) >= 11 is 8.35. The summed E-state index contributed by atoms with van der Waals surface area (Å²) in [6.07, 6.45) is 1.99. The molecule has 3 N–H and O–H groups in total. The number of nitrogens with one attached hydrogen (secondary N) is 3. The monoisotopic (exact) mass is 517 g/mol. The van der Waals surface area contributed by atoms with Crippen molar-refractivity contribution in [2.45, 2.75) is 19.8 Å². The highest BCUT2D eigenvalue weighted by atomic mass is 79.9. The lowest BCUT2D eigenvalue weighted by Crippen LogP contribution is -2.49. The average molecular weight is 518 g/mol. The van der Waals surface area contributed by atoms with Gasteiger partial charge in [-0.15, -0.1) is 0 Å². The maximum Gasteiger partial charge on any atom is 0.349 e. The van der Waals surface area contributed by atoms with Crippen molar-refractivity contribution in [2.24, 2.45) is 0 Å². The number of benzene rings is 2. The van der Waals surface area contributed by atoms with Crippen molar-refractivity contribution in [3.05, 3.63) is 74.6 Å². The molecule has 2 aromatic carbocycles. The molecule has 1 heterocycles. The Morgan fingerprint density at radius 3 is 2.53 bits per heavy atom. The standard InChI is InChI=1S/C22H20BrN3O5S/c1-2-3-10-30-16-7-4-13(5-8-16)19(27)25-26-22(32)24-20(28)17-12-14-11-15(23)6-9-18(14)31-21(17)29/h4-9,11-12H,2-3,10H2,1H3,(H,25,27)(H2,24,26,28,32). The first-order chi connectivity index (χ1) is 15.4. The van der Waals surface area contributed by atoms with E-state index in [0.29, 0.717) is 28.9 Å². The van der Waals surface area contributed by atoms with Crippen molar-refractivity contribution >= 4 is 56.0 Å². The van der Waals surface area contributed by atoms with Gasteiger partial charge < -0.3 is 9.15 Å². The van der Waals surface area contributed by atoms with Crippen LogP contribution in [0.5, 0.6) is 5.75 Å². The second kappa shape index (κ2) is 10.9. The molecule has 0 unspecified atom stereocenters. The van der Waals surface area contributed by atoms with Crippen LogP contribution in [0.25, 0.3) is 11.0 Å². The molecule has 2 amide bonds. The Labute approximate surface area is 197 Å². The van der Waals surface area contributed by atoms with E-state index in [0.717, 1.165) is 17.3 Å². The van der Waals surface area contributed by atoms with Gasteiger partial charge in [0.2, 0.25) is 0 Å². The summed E-state index contributed by atoms with van der Waals surface area (Å²) in [6, 6.07) is 13.1. The fraction of sp³-hybridized carbons (Fsp3) is 0.182. The number of hydrazine groups is 1. The van der Waals surface area contributed by atoms with Crippen LogP contribution in [-0.4, -0.2) is 23.5 Å². The van der Waals surface area contributed by atoms with Crippen LogP contribution in [0.15, 0.2) is 62.2 Å². The number of unbranched alkanes of at least 4 members (excludes halogenated alkanes) is 1. The number of rotatable bonds is 6. The molecular weight excluding hydrogens is 498 g/mol. The number of thiocarbonyl (C=S) groups is 1. The molecule has 1 aromatic heterocycles. The molecule has 0 atom stereocenters. The number of halogens is 1. The summed E-state index contributed by atoms with van der Waals surface area (Å²) in [5, 5.41) is 2.72. The summed E-state index contributed by atoms with van der Waals surface area (Å²) in [7, 11) is 0. The molecule has 32 heavy (non-hydrogen) atoms. The van der Waals surface area contributed by atoms with Gasteiger partial charge in [0.1, 0.15) is 16.9 Å². The second-order valence-corrected chi connectivity index (χ2v) is 8.04. The third kappa shape index (κ3) is 6.14. The van der Waals surface area contributed by atoms with Crippen LogP contribution in [0, 0.1) is 0 Å². The summed E-state index contributed by atoms with van der Waals surface area (Å²) < 4.78 is 11.5. The summed E-state index contributed by atoms with van der Waals surface area (Å²) in [5.74, 6) is -0.551. The summed E-state index contributed by atoms with van der Waals surface area (Å²) in [4.78, 5) is 36.8. The minimum absolute atomic E-state index is 0.184. The van der Waals surface area contributed by atoms with E-state index in [1.807, 2.05) is 0 Å². The number of carbonyl (C=O) groups is 2. The molecule has 0 aliphatic rings. The molecule has 0 bridgehead atoms. The van der Waals surface area contributed by atoms with Crippen molar-refractivity contribution in [1.82, 2.24) is 16.2 Å². The first kappa shape index (κ1) is 23.4. The van der Waals surface area contributed by atoms with Gasteiger partial charge in [-0.3, -0.25) is 25.8 Å². The smallest absolute Gasteiger partial charge is 0.349 e. The van der Waals surface area contributed by atoms with Crippen molar-refractivity contribution in [3.63, 3.8) is 0 Å². The van der Waals surface area contributed by atoms with Gasteiger partial charge in [0.05, 0.1) is 6.61 Å². The predicted octanol–water partition coefficient (Wildman–Crippen LogP) is 3.68. The second-order valence-electron chi connectivity index (χ2n) is 6.72. The van der Waals surface area contributed by atoms with Gasteiger partial charge in [0, 0.05) is 15.4 Å². The highest BCUT2D eigenvalue weighted by molar-refractivity contribution is 9.10. The van der Waals surface area contributed by atoms with Crippen molar-refractivity contribution in [3.8, 4) is 5.75 Å². The van der Waals surface area contributed by atoms with Gasteiger partial charge in [0.25, 0.3) is 11.8 Å². The van der Waals surface area contributed by atoms with Crippen LogP contribution in [0.2, 0.25) is 0 Å². The minimum Gasteiger partial charge on any atom is -0.494 e. The average Bonchev–Trinajstić information content (AvgIpc) is 2.78. The van der Waals surface area contributed by atoms with Crippen LogP contribution in [0.1, 0.15) is 40.5 Å². The van der Waals surface area contributed by atoms with Crippen molar-refractivity contribution in [1.29, 1.82) is 0 Å². The van der Waals surface area contributed by atoms with Crippen LogP contribution < -0.4 is 26.5 Å². The molecule has 3 rings (SSSR count). The first-order valence-corrected chi connectivity index (χ1v) is 11.0. The zero-order valence-electron chi connectivity index (χ0n) is 17.1. The van der Waals surface area contributed by atoms with Crippen LogP contribution >= 0.6 is 28.1 Å². The lowest BCUT2D eigenvalue weighted by Gasteiger charge is -2.11. The topological polar surface area (TPSA) is 110 Å². The molecule has 0 spiro atoms. The Hall–Kier alpha value is -3.24. The summed E-state index contributed by atoms with van der Waals surface area (Å²) in [5.41, 5.74) is 4.52. The van der Waals surface area contributed by atoms with Gasteiger partial charge in [-0.2, -0.15) is 0 Å². The van der Waals surface area contributed by atoms with Crippen molar-refractivity contribution < 1.29 is 18.7 Å². The van der Waals surface area contributed by atoms with E-state index in [2.05, 4.69) is 39.0 Å². The molecule has 0 fully saturated rings. The largest absolute Gasteiger partial charge is 0.494 e. The third-order valence-electron chi connectivity index (χ3n) is 4.34. The summed E-state index contributed by atoms with van der Waals surface area (Å²) in [6.45, 7) is 2.69. The van der Waals surface area contributed by atoms with Gasteiger partial charge in [-0.05, 0) is 67.2 Å². The normalized spacial score (nSPS) is 10.4. The third-order valence-corrected chi connectivity index (χ3v) is 5.04. The molecule has 0 saturated carbocycles. The number of carbonyl (C=O) groups excluding carboxylic acids is 2. The molecule has 3 aromatic rings. The van der Waals surface area contributed by atoms with Gasteiger partial charge >= 0.3 is 5.63 Å². The number of hydrogen-bond donors (Lipinski definition) is 3. The predicted molar refractivity (Wildman–Crippen MR) is 128 cm³/mol. The lowest BCUT2D eigenvalue weighted by molar-refractivity contribution is 0.0933.